The summed E-state index contributed by atoms with van der Waals surface area (Å²) in [4.78, 5) is 26.7. The van der Waals surface area contributed by atoms with Crippen molar-refractivity contribution < 1.29 is 19.4 Å². The predicted octanol–water partition coefficient (Wildman–Crippen LogP) is 2.70. The van der Waals surface area contributed by atoms with Crippen LogP contribution in [-0.4, -0.2) is 53.3 Å². The molecule has 0 aromatic heterocycles. The van der Waals surface area contributed by atoms with Gasteiger partial charge in [0.05, 0.1) is 6.61 Å². The van der Waals surface area contributed by atoms with Gasteiger partial charge in [-0.15, -0.1) is 11.8 Å². The number of carbonyl (C=O) groups is 2. The van der Waals surface area contributed by atoms with Crippen LogP contribution in [0.4, 0.5) is 0 Å². The van der Waals surface area contributed by atoms with E-state index in [0.717, 1.165) is 16.2 Å². The molecular formula is C22H28N2O4S. The Morgan fingerprint density at radius 1 is 1.14 bits per heavy atom. The third-order valence-corrected chi connectivity index (χ3v) is 5.33. The monoisotopic (exact) mass is 416 g/mol. The highest BCUT2D eigenvalue weighted by atomic mass is 32.2. The van der Waals surface area contributed by atoms with Crippen LogP contribution in [0, 0.1) is 0 Å². The Labute approximate surface area is 176 Å². The van der Waals surface area contributed by atoms with Gasteiger partial charge in [-0.2, -0.15) is 0 Å². The van der Waals surface area contributed by atoms with Crippen LogP contribution < -0.4 is 10.1 Å². The van der Waals surface area contributed by atoms with E-state index in [1.165, 1.54) is 18.7 Å². The molecule has 0 fully saturated rings. The summed E-state index contributed by atoms with van der Waals surface area (Å²) >= 11 is 1.49. The summed E-state index contributed by atoms with van der Waals surface area (Å²) in [5.74, 6) is 0.735. The Kier molecular flexibility index (Phi) is 9.53. The summed E-state index contributed by atoms with van der Waals surface area (Å²) in [5, 5.41) is 11.8. The molecule has 0 radical (unpaired) electrons. The first-order valence-electron chi connectivity index (χ1n) is 9.59. The molecule has 2 aromatic rings. The molecule has 0 aliphatic heterocycles. The van der Waals surface area contributed by atoms with E-state index in [-0.39, 0.29) is 25.0 Å². The molecule has 0 spiro atoms. The van der Waals surface area contributed by atoms with Crippen molar-refractivity contribution in [2.24, 2.45) is 0 Å². The number of hydrogen-bond acceptors (Lipinski definition) is 5. The van der Waals surface area contributed by atoms with E-state index >= 15 is 0 Å². The highest BCUT2D eigenvalue weighted by Gasteiger charge is 2.24. The second-order valence-corrected chi connectivity index (χ2v) is 7.54. The predicted molar refractivity (Wildman–Crippen MR) is 115 cm³/mol. The normalized spacial score (nSPS) is 11.6. The summed E-state index contributed by atoms with van der Waals surface area (Å²) in [6, 6.07) is 17.0. The maximum absolute atomic E-state index is 12.7. The maximum atomic E-state index is 12.7. The van der Waals surface area contributed by atoms with Crippen LogP contribution in [0.5, 0.6) is 5.75 Å². The van der Waals surface area contributed by atoms with Gasteiger partial charge in [0.25, 0.3) is 0 Å². The fourth-order valence-electron chi connectivity index (χ4n) is 2.74. The number of amides is 2. The molecule has 0 aliphatic rings. The van der Waals surface area contributed by atoms with E-state index in [0.29, 0.717) is 18.9 Å². The summed E-state index contributed by atoms with van der Waals surface area (Å²) in [7, 11) is 0. The van der Waals surface area contributed by atoms with Gasteiger partial charge in [-0.1, -0.05) is 30.3 Å². The first-order chi connectivity index (χ1) is 14.0. The molecule has 0 bridgehead atoms. The van der Waals surface area contributed by atoms with E-state index in [2.05, 4.69) is 5.32 Å². The third-order valence-electron chi connectivity index (χ3n) is 4.23. The number of likely N-dealkylation sites (N-methyl/N-ethyl adjacent to an activating group) is 1. The molecule has 29 heavy (non-hydrogen) atoms. The fourth-order valence-corrected chi connectivity index (χ4v) is 3.65. The third kappa shape index (κ3) is 7.79. The molecule has 2 amide bonds. The summed E-state index contributed by atoms with van der Waals surface area (Å²) < 4.78 is 5.79. The van der Waals surface area contributed by atoms with Gasteiger partial charge in [0.2, 0.25) is 11.8 Å². The number of nitrogens with one attached hydrogen (secondary N) is 1. The number of nitrogens with zero attached hydrogens (tertiary/aromatic N) is 1. The molecular weight excluding hydrogens is 388 g/mol. The summed E-state index contributed by atoms with van der Waals surface area (Å²) in [6.07, 6.45) is 0. The summed E-state index contributed by atoms with van der Waals surface area (Å²) in [5.41, 5.74) is 1.10. The Morgan fingerprint density at radius 2 is 1.83 bits per heavy atom. The van der Waals surface area contributed by atoms with Gasteiger partial charge in [-0.3, -0.25) is 9.59 Å². The number of aliphatic hydroxyl groups excluding tert-OH is 1. The highest BCUT2D eigenvalue weighted by molar-refractivity contribution is 7.99. The van der Waals surface area contributed by atoms with Crippen LogP contribution in [0.25, 0.3) is 0 Å². The van der Waals surface area contributed by atoms with Crippen LogP contribution in [0.2, 0.25) is 0 Å². The van der Waals surface area contributed by atoms with Crippen LogP contribution in [0.3, 0.4) is 0 Å². The van der Waals surface area contributed by atoms with E-state index < -0.39 is 6.04 Å². The van der Waals surface area contributed by atoms with E-state index in [9.17, 15) is 9.59 Å². The topological polar surface area (TPSA) is 78.9 Å². The lowest BCUT2D eigenvalue weighted by molar-refractivity contribution is -0.135. The zero-order valence-electron chi connectivity index (χ0n) is 16.8. The molecule has 2 N–H and O–H groups in total. The number of aliphatic hydroxyl groups is 1. The highest BCUT2D eigenvalue weighted by Crippen LogP contribution is 2.23. The van der Waals surface area contributed by atoms with Crippen molar-refractivity contribution in [1.82, 2.24) is 10.2 Å². The van der Waals surface area contributed by atoms with E-state index in [1.54, 1.807) is 4.90 Å². The van der Waals surface area contributed by atoms with Crippen molar-refractivity contribution >= 4 is 23.6 Å². The Morgan fingerprint density at radius 3 is 2.41 bits per heavy atom. The lowest BCUT2D eigenvalue weighted by Crippen LogP contribution is -2.50. The molecule has 1 atom stereocenters. The van der Waals surface area contributed by atoms with Crippen molar-refractivity contribution in [3.05, 3.63) is 60.2 Å². The molecule has 7 heteroatoms. The number of thioether (sulfide) groups is 1. The SMILES string of the molecule is CCN(CCO)C(=O)C(CSc1ccc(OCc2ccccc2)cc1)NC(C)=O. The minimum absolute atomic E-state index is 0.107. The molecule has 6 nitrogen and oxygen atoms in total. The number of benzene rings is 2. The molecule has 0 saturated carbocycles. The lowest BCUT2D eigenvalue weighted by Gasteiger charge is -2.26. The summed E-state index contributed by atoms with van der Waals surface area (Å²) in [6.45, 7) is 4.37. The van der Waals surface area contributed by atoms with Gasteiger partial charge in [0.15, 0.2) is 0 Å². The second-order valence-electron chi connectivity index (χ2n) is 6.45. The van der Waals surface area contributed by atoms with E-state index in [1.807, 2.05) is 61.5 Å². The van der Waals surface area contributed by atoms with Crippen molar-refractivity contribution in [1.29, 1.82) is 0 Å². The number of ether oxygens (including phenoxy) is 1. The molecule has 1 unspecified atom stereocenters. The smallest absolute Gasteiger partial charge is 0.246 e. The number of carbonyl (C=O) groups excluding carboxylic acids is 2. The van der Waals surface area contributed by atoms with Crippen LogP contribution in [0.1, 0.15) is 19.4 Å². The zero-order chi connectivity index (χ0) is 21.1. The minimum atomic E-state index is -0.641. The number of rotatable bonds is 11. The molecule has 0 heterocycles. The van der Waals surface area contributed by atoms with Gasteiger partial charge in [-0.25, -0.2) is 0 Å². The first kappa shape index (κ1) is 22.8. The first-order valence-corrected chi connectivity index (χ1v) is 10.6. The number of hydrogen-bond donors (Lipinski definition) is 2. The van der Waals surface area contributed by atoms with Crippen molar-refractivity contribution in [3.8, 4) is 5.75 Å². The Bertz CT molecular complexity index is 768. The van der Waals surface area contributed by atoms with Crippen molar-refractivity contribution in [2.75, 3.05) is 25.4 Å². The molecule has 0 aliphatic carbocycles. The lowest BCUT2D eigenvalue weighted by atomic mass is 10.2. The van der Waals surface area contributed by atoms with Crippen molar-refractivity contribution in [3.63, 3.8) is 0 Å². The molecule has 0 saturated heterocycles. The van der Waals surface area contributed by atoms with Crippen LogP contribution in [-0.2, 0) is 16.2 Å². The van der Waals surface area contributed by atoms with Crippen molar-refractivity contribution in [2.45, 2.75) is 31.4 Å². The second kappa shape index (κ2) is 12.1. The van der Waals surface area contributed by atoms with E-state index in [4.69, 9.17) is 9.84 Å². The van der Waals surface area contributed by atoms with Gasteiger partial charge < -0.3 is 20.1 Å². The fraction of sp³-hybridized carbons (Fsp3) is 0.364. The van der Waals surface area contributed by atoms with Crippen LogP contribution >= 0.6 is 11.8 Å². The van der Waals surface area contributed by atoms with Gasteiger partial charge in [0, 0.05) is 30.7 Å². The Hall–Kier alpha value is -2.51. The quantitative estimate of drug-likeness (QED) is 0.551. The average molecular weight is 417 g/mol. The minimum Gasteiger partial charge on any atom is -0.489 e. The Balaban J connectivity index is 1.92. The molecule has 156 valence electrons. The molecule has 2 aromatic carbocycles. The standard InChI is InChI=1S/C22H28N2O4S/c1-3-24(13-14-25)22(27)21(23-17(2)26)16-29-20-11-9-19(10-12-20)28-15-18-7-5-4-6-8-18/h4-12,21,25H,3,13-16H2,1-2H3,(H,23,26). The largest absolute Gasteiger partial charge is 0.489 e. The maximum Gasteiger partial charge on any atom is 0.246 e. The van der Waals surface area contributed by atoms with Gasteiger partial charge in [-0.05, 0) is 36.8 Å². The average Bonchev–Trinajstić information content (AvgIpc) is 2.74. The zero-order valence-corrected chi connectivity index (χ0v) is 17.7. The van der Waals surface area contributed by atoms with Gasteiger partial charge >= 0.3 is 0 Å². The molecule has 2 rings (SSSR count). The van der Waals surface area contributed by atoms with Crippen LogP contribution in [0.15, 0.2) is 59.5 Å². The van der Waals surface area contributed by atoms with Gasteiger partial charge in [0.1, 0.15) is 18.4 Å².